The summed E-state index contributed by atoms with van der Waals surface area (Å²) in [6, 6.07) is 30.5. The van der Waals surface area contributed by atoms with Crippen molar-refractivity contribution in [1.29, 1.82) is 0 Å². The Labute approximate surface area is 209 Å². The van der Waals surface area contributed by atoms with E-state index in [1.807, 2.05) is 6.07 Å². The Kier molecular flexibility index (Phi) is 4.49. The number of para-hydroxylation sites is 2. The number of hydrogen-bond acceptors (Lipinski definition) is 2. The highest BCUT2D eigenvalue weighted by atomic mass is 16.2. The molecule has 3 heteroatoms. The molecule has 0 spiro atoms. The molecule has 172 valence electrons. The number of carbonyl (C=O) groups excluding carboxylic acids is 2. The summed E-state index contributed by atoms with van der Waals surface area (Å²) in [5, 5.41) is 2.53. The lowest BCUT2D eigenvalue weighted by Crippen LogP contribution is -2.09. The highest BCUT2D eigenvalue weighted by Gasteiger charge is 2.32. The van der Waals surface area contributed by atoms with Gasteiger partial charge in [-0.2, -0.15) is 0 Å². The van der Waals surface area contributed by atoms with E-state index in [0.717, 1.165) is 12.0 Å². The third-order valence-electron chi connectivity index (χ3n) is 7.56. The maximum atomic E-state index is 12.9. The van der Waals surface area contributed by atoms with Crippen LogP contribution >= 0.6 is 0 Å². The topological polar surface area (TPSA) is 39.1 Å². The molecule has 0 saturated carbocycles. The molecule has 1 unspecified atom stereocenters. The molecule has 0 N–H and O–H groups in total. The van der Waals surface area contributed by atoms with Gasteiger partial charge in [0.2, 0.25) is 0 Å². The van der Waals surface area contributed by atoms with E-state index in [1.54, 1.807) is 30.3 Å². The molecule has 2 aliphatic rings. The zero-order valence-corrected chi connectivity index (χ0v) is 19.9. The van der Waals surface area contributed by atoms with Gasteiger partial charge in [0.15, 0.2) is 11.6 Å². The third-order valence-corrected chi connectivity index (χ3v) is 7.56. The van der Waals surface area contributed by atoms with Crippen molar-refractivity contribution < 1.29 is 9.59 Å². The molecule has 0 fully saturated rings. The number of carbonyl (C=O) groups is 2. The van der Waals surface area contributed by atoms with Crippen molar-refractivity contribution in [1.82, 2.24) is 4.57 Å². The van der Waals surface area contributed by atoms with Crippen LogP contribution in [-0.2, 0) is 0 Å². The molecule has 1 heterocycles. The van der Waals surface area contributed by atoms with E-state index in [4.69, 9.17) is 0 Å². The highest BCUT2D eigenvalue weighted by molar-refractivity contribution is 6.41. The average Bonchev–Trinajstić information content (AvgIpc) is 3.37. The number of fused-ring (bicyclic) bond motifs is 5. The molecule has 0 saturated heterocycles. The average molecular weight is 466 g/mol. The van der Waals surface area contributed by atoms with Crippen LogP contribution in [0.2, 0.25) is 0 Å². The first-order valence-corrected chi connectivity index (χ1v) is 12.3. The Bertz CT molecular complexity index is 1720. The minimum atomic E-state index is -0.185. The Morgan fingerprint density at radius 2 is 1.33 bits per heavy atom. The summed E-state index contributed by atoms with van der Waals surface area (Å²) in [4.78, 5) is 25.7. The van der Waals surface area contributed by atoms with Gasteiger partial charge < -0.3 is 4.57 Å². The van der Waals surface area contributed by atoms with Gasteiger partial charge in [0, 0.05) is 27.6 Å². The summed E-state index contributed by atoms with van der Waals surface area (Å²) in [5.74, 6) is -0.0738. The van der Waals surface area contributed by atoms with Crippen LogP contribution in [0.1, 0.15) is 56.7 Å². The molecule has 1 atom stereocenters. The van der Waals surface area contributed by atoms with Gasteiger partial charge in [-0.15, -0.1) is 0 Å². The van der Waals surface area contributed by atoms with Crippen molar-refractivity contribution in [2.45, 2.75) is 19.3 Å². The second kappa shape index (κ2) is 7.76. The second-order valence-electron chi connectivity index (χ2n) is 9.76. The number of Topliss-reactive ketones (excluding diaryl/α,β-unsaturated/α-hetero) is 2. The van der Waals surface area contributed by atoms with Gasteiger partial charge in [-0.05, 0) is 53.3 Å². The molecule has 4 aromatic carbocycles. The fraction of sp³-hybridized carbons (Fsp3) is 0.0909. The van der Waals surface area contributed by atoms with E-state index < -0.39 is 0 Å². The first kappa shape index (κ1) is 20.8. The number of ketones is 2. The van der Waals surface area contributed by atoms with Crippen molar-refractivity contribution in [2.24, 2.45) is 0 Å². The van der Waals surface area contributed by atoms with E-state index in [2.05, 4.69) is 78.2 Å². The Balaban J connectivity index is 1.32. The van der Waals surface area contributed by atoms with Gasteiger partial charge in [0.05, 0.1) is 16.6 Å². The van der Waals surface area contributed by atoms with Crippen LogP contribution in [0.25, 0.3) is 39.7 Å². The standard InChI is InChI=1S/C33H23NO2/c1-20-16-23(34-30-12-6-4-8-24(30)25-9-5-7-13-31(25)34)19-22-15-14-21(17-28(20)22)18-29-32(35)26-10-2-3-11-27(26)33(29)36/h2-15,17-20H,16H2,1H3. The number of allylic oxidation sites excluding steroid dienone is 2. The molecule has 0 amide bonds. The summed E-state index contributed by atoms with van der Waals surface area (Å²) >= 11 is 0. The van der Waals surface area contributed by atoms with Crippen molar-refractivity contribution >= 4 is 51.2 Å². The summed E-state index contributed by atoms with van der Waals surface area (Å²) in [6.07, 6.45) is 4.94. The molecule has 3 nitrogen and oxygen atoms in total. The van der Waals surface area contributed by atoms with E-state index in [1.165, 1.54) is 38.6 Å². The van der Waals surface area contributed by atoms with Crippen LogP contribution < -0.4 is 0 Å². The molecule has 36 heavy (non-hydrogen) atoms. The van der Waals surface area contributed by atoms with E-state index in [9.17, 15) is 9.59 Å². The molecule has 5 aromatic rings. The highest BCUT2D eigenvalue weighted by Crippen LogP contribution is 2.40. The van der Waals surface area contributed by atoms with Gasteiger partial charge in [0.1, 0.15) is 0 Å². The van der Waals surface area contributed by atoms with E-state index in [0.29, 0.717) is 17.0 Å². The molecule has 2 aliphatic carbocycles. The minimum Gasteiger partial charge on any atom is -0.313 e. The molecular formula is C33H23NO2. The lowest BCUT2D eigenvalue weighted by atomic mass is 9.85. The predicted molar refractivity (Wildman–Crippen MR) is 146 cm³/mol. The maximum Gasteiger partial charge on any atom is 0.197 e. The van der Waals surface area contributed by atoms with Crippen molar-refractivity contribution in [3.05, 3.63) is 124 Å². The van der Waals surface area contributed by atoms with Crippen LogP contribution in [-0.4, -0.2) is 16.1 Å². The van der Waals surface area contributed by atoms with Gasteiger partial charge in [-0.3, -0.25) is 9.59 Å². The minimum absolute atomic E-state index is 0.185. The first-order chi connectivity index (χ1) is 17.6. The van der Waals surface area contributed by atoms with Gasteiger partial charge in [-0.25, -0.2) is 0 Å². The van der Waals surface area contributed by atoms with Crippen LogP contribution in [0.5, 0.6) is 0 Å². The fourth-order valence-electron chi connectivity index (χ4n) is 5.86. The smallest absolute Gasteiger partial charge is 0.197 e. The van der Waals surface area contributed by atoms with Gasteiger partial charge in [-0.1, -0.05) is 85.8 Å². The van der Waals surface area contributed by atoms with Crippen LogP contribution in [0.15, 0.2) is 96.6 Å². The third kappa shape index (κ3) is 2.99. The predicted octanol–water partition coefficient (Wildman–Crippen LogP) is 7.76. The molecule has 0 bridgehead atoms. The Hall–Kier alpha value is -4.50. The van der Waals surface area contributed by atoms with Crippen molar-refractivity contribution in [3.63, 3.8) is 0 Å². The fourth-order valence-corrected chi connectivity index (χ4v) is 5.86. The molecular weight excluding hydrogens is 442 g/mol. The van der Waals surface area contributed by atoms with Gasteiger partial charge in [0.25, 0.3) is 0 Å². The Morgan fingerprint density at radius 1 is 0.750 bits per heavy atom. The zero-order chi connectivity index (χ0) is 24.4. The number of hydrogen-bond donors (Lipinski definition) is 0. The lowest BCUT2D eigenvalue weighted by Gasteiger charge is -2.25. The lowest BCUT2D eigenvalue weighted by molar-refractivity contribution is 0.0990. The quantitative estimate of drug-likeness (QED) is 0.197. The summed E-state index contributed by atoms with van der Waals surface area (Å²) in [5.41, 5.74) is 8.27. The summed E-state index contributed by atoms with van der Waals surface area (Å²) in [7, 11) is 0. The van der Waals surface area contributed by atoms with E-state index in [-0.39, 0.29) is 17.1 Å². The molecule has 7 rings (SSSR count). The number of rotatable bonds is 2. The normalized spacial score (nSPS) is 16.9. The molecule has 1 aromatic heterocycles. The van der Waals surface area contributed by atoms with Crippen molar-refractivity contribution in [2.75, 3.05) is 0 Å². The monoisotopic (exact) mass is 465 g/mol. The maximum absolute atomic E-state index is 12.9. The number of nitrogens with zero attached hydrogens (tertiary/aromatic N) is 1. The number of aromatic nitrogens is 1. The van der Waals surface area contributed by atoms with E-state index >= 15 is 0 Å². The Morgan fingerprint density at radius 3 is 1.97 bits per heavy atom. The summed E-state index contributed by atoms with van der Waals surface area (Å²) < 4.78 is 2.40. The molecule has 0 aliphatic heterocycles. The zero-order valence-electron chi connectivity index (χ0n) is 19.9. The van der Waals surface area contributed by atoms with Crippen LogP contribution in [0, 0.1) is 0 Å². The van der Waals surface area contributed by atoms with Crippen LogP contribution in [0.4, 0.5) is 0 Å². The van der Waals surface area contributed by atoms with Crippen molar-refractivity contribution in [3.8, 4) is 0 Å². The second-order valence-corrected chi connectivity index (χ2v) is 9.76. The van der Waals surface area contributed by atoms with Gasteiger partial charge >= 0.3 is 0 Å². The summed E-state index contributed by atoms with van der Waals surface area (Å²) in [6.45, 7) is 2.25. The largest absolute Gasteiger partial charge is 0.313 e. The first-order valence-electron chi connectivity index (χ1n) is 12.3. The SMILES string of the molecule is CC1CC(n2c3ccccc3c3ccccc32)=Cc2ccc(C=C3C(=O)c4ccccc4C3=O)cc21. The van der Waals surface area contributed by atoms with Crippen LogP contribution in [0.3, 0.4) is 0 Å². The molecule has 0 radical (unpaired) electrons. The number of benzene rings is 4.